The molecular weight excluding hydrogens is 234 g/mol. The SMILES string of the molecule is Cc1cc(C)cc(P(C)c2ccccc2C)c1.[B]. The molecule has 1 unspecified atom stereocenters. The third-order valence-electron chi connectivity index (χ3n) is 3.07. The van der Waals surface area contributed by atoms with E-state index in [0.717, 1.165) is 0 Å². The second kappa shape index (κ2) is 6.20. The molecule has 2 rings (SSSR count). The predicted octanol–water partition coefficient (Wildman–Crippen LogP) is 3.29. The van der Waals surface area contributed by atoms with Crippen molar-refractivity contribution in [2.75, 3.05) is 6.66 Å². The Balaban J connectivity index is 0.00000162. The summed E-state index contributed by atoms with van der Waals surface area (Å²) in [4.78, 5) is 0. The van der Waals surface area contributed by atoms with Crippen LogP contribution < -0.4 is 10.6 Å². The Bertz CT molecular complexity index is 514. The minimum Gasteiger partial charge on any atom is -0.0620 e. The molecule has 0 bridgehead atoms. The van der Waals surface area contributed by atoms with E-state index in [9.17, 15) is 0 Å². The van der Waals surface area contributed by atoms with Crippen LogP contribution in [0.5, 0.6) is 0 Å². The van der Waals surface area contributed by atoms with Crippen molar-refractivity contribution in [1.29, 1.82) is 0 Å². The van der Waals surface area contributed by atoms with Gasteiger partial charge in [0.05, 0.1) is 0 Å². The fourth-order valence-corrected chi connectivity index (χ4v) is 4.21. The van der Waals surface area contributed by atoms with Crippen LogP contribution in [0.4, 0.5) is 0 Å². The lowest BCUT2D eigenvalue weighted by molar-refractivity contribution is 1.40. The minimum absolute atomic E-state index is 0. The molecule has 18 heavy (non-hydrogen) atoms. The standard InChI is InChI=1S/C16H19P.B/c1-12-9-13(2)11-15(10-12)17(4)16-8-6-5-7-14(16)3;/h5-11H,1-4H3;. The van der Waals surface area contributed by atoms with Crippen molar-refractivity contribution in [3.63, 3.8) is 0 Å². The molecule has 0 aliphatic rings. The molecule has 2 aromatic carbocycles. The van der Waals surface area contributed by atoms with Crippen LogP contribution in [-0.4, -0.2) is 15.1 Å². The number of benzene rings is 2. The molecule has 1 atom stereocenters. The van der Waals surface area contributed by atoms with Gasteiger partial charge in [0.15, 0.2) is 0 Å². The minimum atomic E-state index is -0.224. The summed E-state index contributed by atoms with van der Waals surface area (Å²) in [7, 11) is -0.224. The van der Waals surface area contributed by atoms with Crippen LogP contribution in [-0.2, 0) is 0 Å². The summed E-state index contributed by atoms with van der Waals surface area (Å²) in [5.74, 6) is 0. The highest BCUT2D eigenvalue weighted by Crippen LogP contribution is 2.30. The smallest absolute Gasteiger partial charge is 0 e. The second-order valence-electron chi connectivity index (χ2n) is 4.69. The molecule has 0 N–H and O–H groups in total. The van der Waals surface area contributed by atoms with Crippen molar-refractivity contribution in [3.8, 4) is 0 Å². The quantitative estimate of drug-likeness (QED) is 0.569. The number of aryl methyl sites for hydroxylation is 3. The highest BCUT2D eigenvalue weighted by molar-refractivity contribution is 7.72. The molecule has 3 radical (unpaired) electrons. The molecule has 0 spiro atoms. The van der Waals surface area contributed by atoms with E-state index in [1.807, 2.05) is 0 Å². The summed E-state index contributed by atoms with van der Waals surface area (Å²) in [6.45, 7) is 8.91. The zero-order chi connectivity index (χ0) is 12.4. The van der Waals surface area contributed by atoms with Gasteiger partial charge in [0, 0.05) is 8.41 Å². The molecular formula is C16H19BP. The Labute approximate surface area is 114 Å². The van der Waals surface area contributed by atoms with Crippen molar-refractivity contribution in [2.45, 2.75) is 20.8 Å². The van der Waals surface area contributed by atoms with Crippen molar-refractivity contribution in [3.05, 3.63) is 59.2 Å². The summed E-state index contributed by atoms with van der Waals surface area (Å²) < 4.78 is 0. The molecule has 0 aliphatic heterocycles. The maximum absolute atomic E-state index is 2.35. The third kappa shape index (κ3) is 3.24. The van der Waals surface area contributed by atoms with Crippen molar-refractivity contribution < 1.29 is 0 Å². The normalized spacial score (nSPS) is 11.8. The summed E-state index contributed by atoms with van der Waals surface area (Å²) in [6.07, 6.45) is 0. The summed E-state index contributed by atoms with van der Waals surface area (Å²) in [5.41, 5.74) is 4.13. The van der Waals surface area contributed by atoms with Crippen molar-refractivity contribution in [1.82, 2.24) is 0 Å². The van der Waals surface area contributed by atoms with E-state index in [1.165, 1.54) is 27.3 Å². The predicted molar refractivity (Wildman–Crippen MR) is 85.0 cm³/mol. The molecule has 0 aromatic heterocycles. The molecule has 91 valence electrons. The molecule has 0 amide bonds. The first-order chi connectivity index (χ1) is 8.08. The van der Waals surface area contributed by atoms with Crippen LogP contribution in [0, 0.1) is 20.8 Å². The van der Waals surface area contributed by atoms with Gasteiger partial charge in [-0.1, -0.05) is 53.6 Å². The summed E-state index contributed by atoms with van der Waals surface area (Å²) >= 11 is 0. The summed E-state index contributed by atoms with van der Waals surface area (Å²) in [6, 6.07) is 15.6. The van der Waals surface area contributed by atoms with Gasteiger partial charge in [0.25, 0.3) is 0 Å². The average molecular weight is 253 g/mol. The lowest BCUT2D eigenvalue weighted by Crippen LogP contribution is -2.14. The highest BCUT2D eigenvalue weighted by Gasteiger charge is 2.10. The van der Waals surface area contributed by atoms with Crippen LogP contribution in [0.3, 0.4) is 0 Å². The van der Waals surface area contributed by atoms with Gasteiger partial charge in [-0.25, -0.2) is 0 Å². The average Bonchev–Trinajstić information content (AvgIpc) is 2.27. The van der Waals surface area contributed by atoms with Gasteiger partial charge < -0.3 is 0 Å². The number of rotatable bonds is 2. The fourth-order valence-electron chi connectivity index (χ4n) is 2.22. The number of hydrogen-bond donors (Lipinski definition) is 0. The largest absolute Gasteiger partial charge is 0.0620 e. The van der Waals surface area contributed by atoms with E-state index < -0.39 is 0 Å². The van der Waals surface area contributed by atoms with E-state index in [4.69, 9.17) is 0 Å². The van der Waals surface area contributed by atoms with E-state index in [2.05, 4.69) is 69.9 Å². The van der Waals surface area contributed by atoms with Gasteiger partial charge >= 0.3 is 0 Å². The van der Waals surface area contributed by atoms with E-state index in [0.29, 0.717) is 0 Å². The first kappa shape index (κ1) is 15.0. The number of hydrogen-bond acceptors (Lipinski definition) is 0. The summed E-state index contributed by atoms with van der Waals surface area (Å²) in [5, 5.41) is 2.97. The van der Waals surface area contributed by atoms with Gasteiger partial charge in [-0.05, 0) is 51.5 Å². The van der Waals surface area contributed by atoms with Crippen LogP contribution in [0.2, 0.25) is 0 Å². The van der Waals surface area contributed by atoms with Crippen LogP contribution in [0.15, 0.2) is 42.5 Å². The molecule has 2 heteroatoms. The van der Waals surface area contributed by atoms with Crippen LogP contribution in [0.1, 0.15) is 16.7 Å². The monoisotopic (exact) mass is 253 g/mol. The Morgan fingerprint density at radius 3 is 1.94 bits per heavy atom. The van der Waals surface area contributed by atoms with Gasteiger partial charge in [-0.2, -0.15) is 0 Å². The Morgan fingerprint density at radius 1 is 0.833 bits per heavy atom. The molecule has 0 saturated carbocycles. The van der Waals surface area contributed by atoms with Gasteiger partial charge in [-0.3, -0.25) is 0 Å². The zero-order valence-electron chi connectivity index (χ0n) is 11.6. The zero-order valence-corrected chi connectivity index (χ0v) is 12.5. The van der Waals surface area contributed by atoms with Gasteiger partial charge in [0.2, 0.25) is 0 Å². The van der Waals surface area contributed by atoms with Crippen LogP contribution in [0.25, 0.3) is 0 Å². The molecule has 0 aliphatic carbocycles. The van der Waals surface area contributed by atoms with Crippen molar-refractivity contribution in [2.24, 2.45) is 0 Å². The molecule has 0 nitrogen and oxygen atoms in total. The first-order valence-electron chi connectivity index (χ1n) is 5.95. The van der Waals surface area contributed by atoms with E-state index >= 15 is 0 Å². The second-order valence-corrected chi connectivity index (χ2v) is 6.81. The Morgan fingerprint density at radius 2 is 1.39 bits per heavy atom. The highest BCUT2D eigenvalue weighted by atomic mass is 31.1. The Kier molecular flexibility index (Phi) is 5.17. The molecule has 0 heterocycles. The van der Waals surface area contributed by atoms with E-state index in [-0.39, 0.29) is 16.3 Å². The van der Waals surface area contributed by atoms with Crippen LogP contribution >= 0.6 is 7.92 Å². The lowest BCUT2D eigenvalue weighted by Gasteiger charge is -2.16. The topological polar surface area (TPSA) is 0 Å². The molecule has 0 fully saturated rings. The maximum Gasteiger partial charge on any atom is 0 e. The third-order valence-corrected chi connectivity index (χ3v) is 5.33. The van der Waals surface area contributed by atoms with Gasteiger partial charge in [0.1, 0.15) is 0 Å². The van der Waals surface area contributed by atoms with Crippen molar-refractivity contribution >= 4 is 26.9 Å². The first-order valence-corrected chi connectivity index (χ1v) is 7.74. The maximum atomic E-state index is 2.35. The molecule has 2 aromatic rings. The Hall–Kier alpha value is -1.07. The fraction of sp³-hybridized carbons (Fsp3) is 0.250. The molecule has 0 saturated heterocycles. The lowest BCUT2D eigenvalue weighted by atomic mass is 10.2. The van der Waals surface area contributed by atoms with E-state index in [1.54, 1.807) is 0 Å². The van der Waals surface area contributed by atoms with Gasteiger partial charge in [-0.15, -0.1) is 0 Å².